The van der Waals surface area contributed by atoms with Crippen LogP contribution in [0.5, 0.6) is 0 Å². The van der Waals surface area contributed by atoms with E-state index in [0.717, 1.165) is 37.4 Å². The van der Waals surface area contributed by atoms with Gasteiger partial charge in [0.15, 0.2) is 0 Å². The second-order valence-corrected chi connectivity index (χ2v) is 38.7. The fourth-order valence-electron chi connectivity index (χ4n) is 2.00. The van der Waals surface area contributed by atoms with Crippen molar-refractivity contribution in [3.05, 3.63) is 0 Å². The second kappa shape index (κ2) is 7.77. The molecule has 0 aromatic carbocycles. The molecule has 0 saturated heterocycles. The van der Waals surface area contributed by atoms with Crippen molar-refractivity contribution in [2.45, 2.75) is 58.2 Å². The lowest BCUT2D eigenvalue weighted by Crippen LogP contribution is -2.66. The van der Waals surface area contributed by atoms with E-state index in [2.05, 4.69) is 20.8 Å². The predicted octanol–water partition coefficient (Wildman–Crippen LogP) is 6.40. The quantitative estimate of drug-likeness (QED) is 0.332. The van der Waals surface area contributed by atoms with Crippen LogP contribution in [0.4, 0.5) is 0 Å². The van der Waals surface area contributed by atoms with E-state index in [0.29, 0.717) is 0 Å². The van der Waals surface area contributed by atoms with Crippen LogP contribution in [0.15, 0.2) is 0 Å². The van der Waals surface area contributed by atoms with Crippen molar-refractivity contribution in [3.8, 4) is 0 Å². The third-order valence-corrected chi connectivity index (χ3v) is 55.7. The summed E-state index contributed by atoms with van der Waals surface area (Å²) in [5.74, 6) is 0. The smallest absolute Gasteiger partial charge is 0.168 e. The van der Waals surface area contributed by atoms with Crippen LogP contribution in [-0.4, -0.2) is 18.8 Å². The van der Waals surface area contributed by atoms with Crippen LogP contribution in [0.1, 0.15) is 40.0 Å². The van der Waals surface area contributed by atoms with Gasteiger partial charge in [0.25, 0.3) is 12.4 Å². The molecular weight excluding hydrogens is 370 g/mol. The van der Waals surface area contributed by atoms with Gasteiger partial charge in [-0.2, -0.15) is 11.1 Å². The zero-order valence-corrected chi connectivity index (χ0v) is 17.4. The second-order valence-electron chi connectivity index (χ2n) is 4.46. The highest BCUT2D eigenvalue weighted by Gasteiger charge is 2.65. The topological polar surface area (TPSA) is 0 Å². The Morgan fingerprint density at radius 1 is 0.588 bits per heavy atom. The maximum atomic E-state index is 6.91. The van der Waals surface area contributed by atoms with Crippen LogP contribution >= 0.6 is 55.4 Å². The molecule has 0 saturated carbocycles. The first-order valence-electron chi connectivity index (χ1n) is 6.13. The molecule has 0 atom stereocenters. The van der Waals surface area contributed by atoms with Crippen LogP contribution in [0.3, 0.4) is 0 Å². The number of hydrogen-bond acceptors (Lipinski definition) is 0. The maximum absolute atomic E-state index is 6.91. The van der Waals surface area contributed by atoms with Crippen molar-refractivity contribution in [1.82, 2.24) is 0 Å². The van der Waals surface area contributed by atoms with E-state index in [1.807, 2.05) is 0 Å². The zero-order valence-electron chi connectivity index (χ0n) is 10.6. The summed E-state index contributed by atoms with van der Waals surface area (Å²) in [6.07, 6.45) is -4.57. The summed E-state index contributed by atoms with van der Waals surface area (Å²) >= 11 is 33.5. The minimum atomic E-state index is -2.50. The van der Waals surface area contributed by atoms with E-state index in [1.54, 1.807) is 0 Å². The molecule has 0 aromatic rings. The molecular formula is C9H21Cl5Si3. The van der Waals surface area contributed by atoms with E-state index < -0.39 is 18.8 Å². The Balaban J connectivity index is 5.27. The molecule has 0 aliphatic carbocycles. The molecule has 0 radical (unpaired) electrons. The van der Waals surface area contributed by atoms with Gasteiger partial charge in [-0.25, -0.2) is 0 Å². The van der Waals surface area contributed by atoms with Gasteiger partial charge in [0, 0.05) is 0 Å². The third-order valence-electron chi connectivity index (χ3n) is 2.88. The fraction of sp³-hybridized carbons (Fsp3) is 1.00. The van der Waals surface area contributed by atoms with Gasteiger partial charge in [0.2, 0.25) is 6.42 Å². The van der Waals surface area contributed by atoms with Crippen LogP contribution in [-0.2, 0) is 0 Å². The summed E-state index contributed by atoms with van der Waals surface area (Å²) in [5, 5.41) is 0. The number of halogens is 5. The lowest BCUT2D eigenvalue weighted by molar-refractivity contribution is 1.05. The fourth-order valence-corrected chi connectivity index (χ4v) is 52.8. The van der Waals surface area contributed by atoms with Gasteiger partial charge in [-0.1, -0.05) is 40.0 Å². The molecule has 0 fully saturated rings. The van der Waals surface area contributed by atoms with Crippen molar-refractivity contribution in [2.75, 3.05) is 0 Å². The van der Waals surface area contributed by atoms with Crippen molar-refractivity contribution in [1.29, 1.82) is 0 Å². The molecule has 0 heterocycles. The highest BCUT2D eigenvalue weighted by Crippen LogP contribution is 2.49. The Kier molecular flexibility index (Phi) is 8.73. The van der Waals surface area contributed by atoms with E-state index >= 15 is 0 Å². The largest absolute Gasteiger partial charge is 0.256 e. The summed E-state index contributed by atoms with van der Waals surface area (Å²) in [4.78, 5) is 0. The zero-order chi connectivity index (χ0) is 13.7. The van der Waals surface area contributed by atoms with Crippen molar-refractivity contribution >= 4 is 74.2 Å². The molecule has 0 unspecified atom stereocenters. The summed E-state index contributed by atoms with van der Waals surface area (Å²) in [6, 6.07) is 2.47. The first-order valence-corrected chi connectivity index (χ1v) is 19.8. The minimum Gasteiger partial charge on any atom is -0.168 e. The minimum absolute atomic E-state index is 0.809. The van der Waals surface area contributed by atoms with E-state index in [4.69, 9.17) is 55.4 Å². The Labute approximate surface area is 131 Å². The highest BCUT2D eigenvalue weighted by atomic mass is 35.7. The van der Waals surface area contributed by atoms with Gasteiger partial charge in [0.1, 0.15) is 0 Å². The normalized spacial score (nSPS) is 14.1. The molecule has 0 N–H and O–H groups in total. The molecule has 8 heteroatoms. The Hall–Kier alpha value is 2.10. The van der Waals surface area contributed by atoms with Gasteiger partial charge < -0.3 is 0 Å². The van der Waals surface area contributed by atoms with Crippen LogP contribution < -0.4 is 0 Å². The van der Waals surface area contributed by atoms with E-state index in [9.17, 15) is 0 Å². The van der Waals surface area contributed by atoms with Gasteiger partial charge in [-0.15, -0.1) is 44.3 Å². The van der Waals surface area contributed by atoms with Gasteiger partial charge >= 0.3 is 0 Å². The van der Waals surface area contributed by atoms with Crippen LogP contribution in [0.25, 0.3) is 0 Å². The molecule has 0 rings (SSSR count). The monoisotopic (exact) mass is 388 g/mol. The molecule has 0 aromatic heterocycles. The SMILES string of the molecule is CCC[Si](Cl)(Cl)[Si](Cl)(CCC)[Si](Cl)(Cl)CCC. The third kappa shape index (κ3) is 4.55. The average molecular weight is 391 g/mol. The van der Waals surface area contributed by atoms with Gasteiger partial charge in [-0.3, -0.25) is 0 Å². The Morgan fingerprint density at radius 3 is 1.12 bits per heavy atom. The molecule has 0 amide bonds. The summed E-state index contributed by atoms with van der Waals surface area (Å²) in [6.45, 7) is 6.25. The van der Waals surface area contributed by atoms with Crippen molar-refractivity contribution in [3.63, 3.8) is 0 Å². The van der Waals surface area contributed by atoms with E-state index in [-0.39, 0.29) is 0 Å². The number of hydrogen-bond donors (Lipinski definition) is 0. The Bertz CT molecular complexity index is 217. The lowest BCUT2D eigenvalue weighted by atomic mass is 10.6. The maximum Gasteiger partial charge on any atom is 0.256 e. The molecule has 0 aliphatic rings. The summed E-state index contributed by atoms with van der Waals surface area (Å²) in [7, 11) is 0. The predicted molar refractivity (Wildman–Crippen MR) is 91.8 cm³/mol. The molecule has 0 bridgehead atoms. The molecule has 104 valence electrons. The summed E-state index contributed by atoms with van der Waals surface area (Å²) in [5.41, 5.74) is 0. The molecule has 0 aliphatic heterocycles. The highest BCUT2D eigenvalue weighted by molar-refractivity contribution is 8.06. The van der Waals surface area contributed by atoms with Crippen LogP contribution in [0.2, 0.25) is 18.1 Å². The first-order chi connectivity index (χ1) is 7.68. The standard InChI is InChI=1S/C9H21Cl5Si3/c1-4-7-15(10,11)17(14,9-6-3)16(12,13)8-5-2/h4-9H2,1-3H3. The average Bonchev–Trinajstić information content (AvgIpc) is 2.17. The van der Waals surface area contributed by atoms with Crippen molar-refractivity contribution < 1.29 is 0 Å². The van der Waals surface area contributed by atoms with Gasteiger partial charge in [-0.05, 0) is 18.1 Å². The Morgan fingerprint density at radius 2 is 0.882 bits per heavy atom. The first kappa shape index (κ1) is 19.1. The molecule has 17 heavy (non-hydrogen) atoms. The number of rotatable bonds is 8. The van der Waals surface area contributed by atoms with Crippen molar-refractivity contribution in [2.24, 2.45) is 0 Å². The molecule has 0 spiro atoms. The molecule has 0 nitrogen and oxygen atoms in total. The summed E-state index contributed by atoms with van der Waals surface area (Å²) < 4.78 is 0. The van der Waals surface area contributed by atoms with E-state index in [1.165, 1.54) is 0 Å². The lowest BCUT2D eigenvalue weighted by Gasteiger charge is -2.40. The van der Waals surface area contributed by atoms with Gasteiger partial charge in [0.05, 0.1) is 0 Å². The van der Waals surface area contributed by atoms with Crippen LogP contribution in [0, 0.1) is 0 Å².